The number of oxazole rings is 1. The van der Waals surface area contributed by atoms with Crippen LogP contribution in [0, 0.1) is 0 Å². The number of methoxy groups -OCH3 is 1. The summed E-state index contributed by atoms with van der Waals surface area (Å²) in [5.41, 5.74) is 3.54. The molecule has 0 radical (unpaired) electrons. The first-order chi connectivity index (χ1) is 18.5. The lowest BCUT2D eigenvalue weighted by Crippen LogP contribution is -2.30. The minimum Gasteiger partial charge on any atom is -0.497 e. The molecule has 0 saturated heterocycles. The Bertz CT molecular complexity index is 1620. The zero-order valence-corrected chi connectivity index (χ0v) is 21.5. The molecule has 0 N–H and O–H groups in total. The Morgan fingerprint density at radius 1 is 0.763 bits per heavy atom. The molecule has 0 aliphatic carbocycles. The van der Waals surface area contributed by atoms with Gasteiger partial charge in [-0.25, -0.2) is 17.8 Å². The van der Waals surface area contributed by atoms with Crippen LogP contribution in [0.3, 0.4) is 0 Å². The topological polar surface area (TPSA) is 81.8 Å². The number of rotatable bonds is 9. The molecule has 1 aromatic heterocycles. The molecular weight excluding hydrogens is 500 g/mol. The Labute approximate surface area is 221 Å². The van der Waals surface area contributed by atoms with Crippen LogP contribution in [0.1, 0.15) is 11.1 Å². The molecule has 38 heavy (non-hydrogen) atoms. The smallest absolute Gasteiger partial charge is 0.424 e. The van der Waals surface area contributed by atoms with Crippen LogP contribution in [0.25, 0.3) is 16.9 Å². The maximum absolute atomic E-state index is 13.8. The predicted molar refractivity (Wildman–Crippen MR) is 146 cm³/mol. The van der Waals surface area contributed by atoms with E-state index in [1.165, 1.54) is 15.1 Å². The van der Waals surface area contributed by atoms with E-state index in [0.717, 1.165) is 11.1 Å². The highest BCUT2D eigenvalue weighted by Crippen LogP contribution is 2.27. The van der Waals surface area contributed by atoms with Crippen molar-refractivity contribution in [2.45, 2.75) is 18.0 Å². The minimum atomic E-state index is -3.83. The van der Waals surface area contributed by atoms with Gasteiger partial charge < -0.3 is 9.15 Å². The van der Waals surface area contributed by atoms with E-state index in [2.05, 4.69) is 0 Å². The quantitative estimate of drug-likeness (QED) is 0.253. The van der Waals surface area contributed by atoms with E-state index in [1.54, 1.807) is 55.6 Å². The average molecular weight is 527 g/mol. The lowest BCUT2D eigenvalue weighted by molar-refractivity contribution is 0.401. The van der Waals surface area contributed by atoms with Gasteiger partial charge in [0.05, 0.1) is 23.4 Å². The molecule has 4 aromatic carbocycles. The molecule has 192 valence electrons. The first kappa shape index (κ1) is 25.3. The monoisotopic (exact) mass is 526 g/mol. The fourth-order valence-corrected chi connectivity index (χ4v) is 5.65. The van der Waals surface area contributed by atoms with Crippen LogP contribution in [0.15, 0.2) is 130 Å². The molecule has 7 nitrogen and oxygen atoms in total. The largest absolute Gasteiger partial charge is 0.497 e. The fourth-order valence-electron chi connectivity index (χ4n) is 4.23. The summed E-state index contributed by atoms with van der Waals surface area (Å²) >= 11 is 0. The number of hydrogen-bond donors (Lipinski definition) is 0. The summed E-state index contributed by atoms with van der Waals surface area (Å²) in [6.07, 6.45) is 1.37. The normalized spacial score (nSPS) is 11.5. The average Bonchev–Trinajstić information content (AvgIpc) is 3.35. The van der Waals surface area contributed by atoms with E-state index in [4.69, 9.17) is 9.15 Å². The van der Waals surface area contributed by atoms with Gasteiger partial charge in [0.2, 0.25) is 10.0 Å². The van der Waals surface area contributed by atoms with Gasteiger partial charge in [0.25, 0.3) is 0 Å². The zero-order valence-electron chi connectivity index (χ0n) is 20.7. The molecule has 0 fully saturated rings. The Balaban J connectivity index is 1.47. The SMILES string of the molecule is COc1ccc(-n2c(-c3ccc(S(=O)(=O)N(Cc4ccccc4)Cc4ccccc4)cc3)coc2=O)cc1. The Kier molecular flexibility index (Phi) is 7.26. The number of ether oxygens (including phenoxy) is 1. The van der Waals surface area contributed by atoms with E-state index in [0.29, 0.717) is 22.7 Å². The fraction of sp³-hybridized carbons (Fsp3) is 0.100. The standard InChI is InChI=1S/C30H26N2O5S/c1-36-27-16-14-26(15-17-27)32-29(22-37-30(32)33)25-12-18-28(19-13-25)38(34,35)31(20-23-8-4-2-5-9-23)21-24-10-6-3-7-11-24/h2-19,22H,20-21H2,1H3. The van der Waals surface area contributed by atoms with Crippen LogP contribution < -0.4 is 10.5 Å². The molecule has 0 bridgehead atoms. The van der Waals surface area contributed by atoms with Gasteiger partial charge in [-0.15, -0.1) is 0 Å². The molecule has 0 atom stereocenters. The number of sulfonamides is 1. The van der Waals surface area contributed by atoms with Gasteiger partial charge in [-0.1, -0.05) is 72.8 Å². The van der Waals surface area contributed by atoms with Crippen molar-refractivity contribution in [3.63, 3.8) is 0 Å². The van der Waals surface area contributed by atoms with E-state index in [1.807, 2.05) is 60.7 Å². The van der Waals surface area contributed by atoms with E-state index in [9.17, 15) is 13.2 Å². The number of benzene rings is 4. The number of aromatic nitrogens is 1. The second kappa shape index (κ2) is 10.9. The second-order valence-electron chi connectivity index (χ2n) is 8.69. The maximum atomic E-state index is 13.8. The highest BCUT2D eigenvalue weighted by molar-refractivity contribution is 7.89. The zero-order chi connectivity index (χ0) is 26.5. The van der Waals surface area contributed by atoms with Crippen LogP contribution in [0.5, 0.6) is 5.75 Å². The van der Waals surface area contributed by atoms with Gasteiger partial charge in [0.15, 0.2) is 0 Å². The number of hydrogen-bond acceptors (Lipinski definition) is 5. The Hall–Kier alpha value is -4.40. The van der Waals surface area contributed by atoms with Crippen molar-refractivity contribution in [1.29, 1.82) is 0 Å². The van der Waals surface area contributed by atoms with Gasteiger partial charge in [-0.2, -0.15) is 4.31 Å². The summed E-state index contributed by atoms with van der Waals surface area (Å²) < 4.78 is 40.8. The minimum absolute atomic E-state index is 0.162. The molecule has 1 heterocycles. The first-order valence-electron chi connectivity index (χ1n) is 12.0. The van der Waals surface area contributed by atoms with Crippen molar-refractivity contribution >= 4 is 10.0 Å². The molecular formula is C30H26N2O5S. The molecule has 0 amide bonds. The van der Waals surface area contributed by atoms with E-state index < -0.39 is 15.8 Å². The highest BCUT2D eigenvalue weighted by Gasteiger charge is 2.25. The molecule has 0 spiro atoms. The van der Waals surface area contributed by atoms with Crippen LogP contribution >= 0.6 is 0 Å². The highest BCUT2D eigenvalue weighted by atomic mass is 32.2. The van der Waals surface area contributed by atoms with Crippen molar-refractivity contribution in [3.8, 4) is 22.7 Å². The van der Waals surface area contributed by atoms with Gasteiger partial charge in [0, 0.05) is 18.7 Å². The Morgan fingerprint density at radius 2 is 1.32 bits per heavy atom. The van der Waals surface area contributed by atoms with Gasteiger partial charge in [-0.3, -0.25) is 0 Å². The molecule has 8 heteroatoms. The van der Waals surface area contributed by atoms with Crippen LogP contribution in [-0.2, 0) is 23.1 Å². The summed E-state index contributed by atoms with van der Waals surface area (Å²) in [5, 5.41) is 0. The second-order valence-corrected chi connectivity index (χ2v) is 10.6. The van der Waals surface area contributed by atoms with Gasteiger partial charge in [0.1, 0.15) is 12.0 Å². The van der Waals surface area contributed by atoms with E-state index >= 15 is 0 Å². The molecule has 0 aliphatic rings. The summed E-state index contributed by atoms with van der Waals surface area (Å²) in [6, 6.07) is 32.5. The predicted octanol–water partition coefficient (Wildman–Crippen LogP) is 5.50. The Morgan fingerprint density at radius 3 is 1.84 bits per heavy atom. The molecule has 0 saturated carbocycles. The van der Waals surface area contributed by atoms with Crippen LogP contribution in [0.2, 0.25) is 0 Å². The van der Waals surface area contributed by atoms with Crippen LogP contribution in [0.4, 0.5) is 0 Å². The van der Waals surface area contributed by atoms with Crippen LogP contribution in [-0.4, -0.2) is 24.4 Å². The molecule has 5 aromatic rings. The van der Waals surface area contributed by atoms with Gasteiger partial charge >= 0.3 is 5.76 Å². The summed E-state index contributed by atoms with van der Waals surface area (Å²) in [6.45, 7) is 0.469. The number of nitrogens with zero attached hydrogens (tertiary/aromatic N) is 2. The molecule has 5 rings (SSSR count). The van der Waals surface area contributed by atoms with Crippen molar-refractivity contribution < 1.29 is 17.6 Å². The summed E-state index contributed by atoms with van der Waals surface area (Å²) in [4.78, 5) is 12.7. The summed E-state index contributed by atoms with van der Waals surface area (Å²) in [7, 11) is -2.26. The lowest BCUT2D eigenvalue weighted by Gasteiger charge is -2.23. The van der Waals surface area contributed by atoms with Crippen molar-refractivity contribution in [2.75, 3.05) is 7.11 Å². The van der Waals surface area contributed by atoms with Crippen molar-refractivity contribution in [2.24, 2.45) is 0 Å². The van der Waals surface area contributed by atoms with E-state index in [-0.39, 0.29) is 18.0 Å². The third-order valence-electron chi connectivity index (χ3n) is 6.22. The van der Waals surface area contributed by atoms with Crippen molar-refractivity contribution in [3.05, 3.63) is 137 Å². The maximum Gasteiger partial charge on any atom is 0.424 e. The van der Waals surface area contributed by atoms with Crippen molar-refractivity contribution in [1.82, 2.24) is 8.87 Å². The third kappa shape index (κ3) is 5.32. The first-order valence-corrected chi connectivity index (χ1v) is 13.4. The summed E-state index contributed by atoms with van der Waals surface area (Å²) in [5.74, 6) is 0.121. The molecule has 0 unspecified atom stereocenters. The molecule has 0 aliphatic heterocycles. The van der Waals surface area contributed by atoms with Gasteiger partial charge in [-0.05, 0) is 47.5 Å². The third-order valence-corrected chi connectivity index (χ3v) is 8.02. The lowest BCUT2D eigenvalue weighted by atomic mass is 10.1.